The molecule has 0 aromatic heterocycles. The molecule has 1 heterocycles. The monoisotopic (exact) mass is 338 g/mol. The van der Waals surface area contributed by atoms with Gasteiger partial charge in [0.15, 0.2) is 0 Å². The van der Waals surface area contributed by atoms with E-state index in [1.165, 1.54) is 11.1 Å². The Morgan fingerprint density at radius 2 is 1.84 bits per heavy atom. The minimum Gasteiger partial charge on any atom is -0.370 e. The SMILES string of the molecule is CNC(=O)c1ccc(CN2CC(c3ccccc3)OCC2(C)C)cc1. The van der Waals surface area contributed by atoms with Gasteiger partial charge in [0.05, 0.1) is 12.7 Å². The molecule has 1 atom stereocenters. The fourth-order valence-corrected chi connectivity index (χ4v) is 3.17. The van der Waals surface area contributed by atoms with Crippen LogP contribution in [0, 0.1) is 0 Å². The smallest absolute Gasteiger partial charge is 0.251 e. The number of rotatable bonds is 4. The molecule has 25 heavy (non-hydrogen) atoms. The first-order valence-corrected chi connectivity index (χ1v) is 8.72. The molecule has 1 N–H and O–H groups in total. The van der Waals surface area contributed by atoms with Gasteiger partial charge in [-0.05, 0) is 37.1 Å². The van der Waals surface area contributed by atoms with Crippen LogP contribution in [0.25, 0.3) is 0 Å². The third-order valence-corrected chi connectivity index (χ3v) is 4.87. The lowest BCUT2D eigenvalue weighted by molar-refractivity contribution is -0.104. The summed E-state index contributed by atoms with van der Waals surface area (Å²) in [6.07, 6.45) is 0.0966. The van der Waals surface area contributed by atoms with E-state index >= 15 is 0 Å². The van der Waals surface area contributed by atoms with E-state index in [-0.39, 0.29) is 17.6 Å². The van der Waals surface area contributed by atoms with Crippen LogP contribution in [0.5, 0.6) is 0 Å². The Labute approximate surface area is 149 Å². The molecular formula is C21H26N2O2. The summed E-state index contributed by atoms with van der Waals surface area (Å²) in [4.78, 5) is 14.1. The summed E-state index contributed by atoms with van der Waals surface area (Å²) in [6, 6.07) is 18.2. The van der Waals surface area contributed by atoms with Crippen molar-refractivity contribution in [3.8, 4) is 0 Å². The molecule has 0 saturated carbocycles. The quantitative estimate of drug-likeness (QED) is 0.929. The summed E-state index contributed by atoms with van der Waals surface area (Å²) in [7, 11) is 1.65. The zero-order valence-electron chi connectivity index (χ0n) is 15.2. The average molecular weight is 338 g/mol. The predicted molar refractivity (Wildman–Crippen MR) is 99.5 cm³/mol. The first-order chi connectivity index (χ1) is 12.0. The number of hydrogen-bond acceptors (Lipinski definition) is 3. The Hall–Kier alpha value is -2.17. The highest BCUT2D eigenvalue weighted by Gasteiger charge is 2.35. The number of nitrogens with one attached hydrogen (secondary N) is 1. The zero-order chi connectivity index (χ0) is 17.9. The van der Waals surface area contributed by atoms with Crippen LogP contribution in [0.1, 0.15) is 41.4 Å². The number of morpholine rings is 1. The molecule has 0 aliphatic carbocycles. The van der Waals surface area contributed by atoms with E-state index in [9.17, 15) is 4.79 Å². The Kier molecular flexibility index (Phi) is 5.21. The normalized spacial score (nSPS) is 20.2. The van der Waals surface area contributed by atoms with Gasteiger partial charge in [0, 0.05) is 31.2 Å². The Morgan fingerprint density at radius 3 is 2.48 bits per heavy atom. The van der Waals surface area contributed by atoms with E-state index in [1.807, 2.05) is 30.3 Å². The van der Waals surface area contributed by atoms with Crippen molar-refractivity contribution in [1.29, 1.82) is 0 Å². The number of amides is 1. The van der Waals surface area contributed by atoms with Crippen LogP contribution in [-0.2, 0) is 11.3 Å². The lowest BCUT2D eigenvalue weighted by atomic mass is 9.97. The first-order valence-electron chi connectivity index (χ1n) is 8.72. The highest BCUT2D eigenvalue weighted by atomic mass is 16.5. The number of benzene rings is 2. The summed E-state index contributed by atoms with van der Waals surface area (Å²) in [5.41, 5.74) is 3.09. The highest BCUT2D eigenvalue weighted by Crippen LogP contribution is 2.31. The van der Waals surface area contributed by atoms with Gasteiger partial charge < -0.3 is 10.1 Å². The molecule has 0 bridgehead atoms. The Balaban J connectivity index is 1.73. The molecule has 1 amide bonds. The van der Waals surface area contributed by atoms with Crippen LogP contribution in [0.4, 0.5) is 0 Å². The van der Waals surface area contributed by atoms with Gasteiger partial charge in [0.25, 0.3) is 5.91 Å². The van der Waals surface area contributed by atoms with Crippen molar-refractivity contribution in [3.05, 3.63) is 71.3 Å². The van der Waals surface area contributed by atoms with Gasteiger partial charge in [-0.1, -0.05) is 42.5 Å². The van der Waals surface area contributed by atoms with Gasteiger partial charge in [-0.2, -0.15) is 0 Å². The van der Waals surface area contributed by atoms with E-state index in [1.54, 1.807) is 7.05 Å². The van der Waals surface area contributed by atoms with Gasteiger partial charge in [0.1, 0.15) is 0 Å². The van der Waals surface area contributed by atoms with E-state index < -0.39 is 0 Å². The van der Waals surface area contributed by atoms with Crippen molar-refractivity contribution in [3.63, 3.8) is 0 Å². The number of carbonyl (C=O) groups excluding carboxylic acids is 1. The average Bonchev–Trinajstić information content (AvgIpc) is 2.64. The molecule has 1 saturated heterocycles. The van der Waals surface area contributed by atoms with Gasteiger partial charge >= 0.3 is 0 Å². The van der Waals surface area contributed by atoms with Gasteiger partial charge in [-0.3, -0.25) is 9.69 Å². The van der Waals surface area contributed by atoms with Crippen molar-refractivity contribution in [2.24, 2.45) is 0 Å². The molecule has 2 aromatic carbocycles. The third kappa shape index (κ3) is 4.09. The van der Waals surface area contributed by atoms with Crippen molar-refractivity contribution >= 4 is 5.91 Å². The summed E-state index contributed by atoms with van der Waals surface area (Å²) >= 11 is 0. The number of carbonyl (C=O) groups is 1. The van der Waals surface area contributed by atoms with Gasteiger partial charge in [-0.15, -0.1) is 0 Å². The molecule has 1 fully saturated rings. The molecule has 3 rings (SSSR count). The van der Waals surface area contributed by atoms with Crippen LogP contribution < -0.4 is 5.32 Å². The molecule has 4 heteroatoms. The number of ether oxygens (including phenoxy) is 1. The Morgan fingerprint density at radius 1 is 1.16 bits per heavy atom. The van der Waals surface area contributed by atoms with Crippen molar-refractivity contribution in [2.75, 3.05) is 20.2 Å². The van der Waals surface area contributed by atoms with E-state index in [2.05, 4.69) is 48.3 Å². The van der Waals surface area contributed by atoms with Crippen molar-refractivity contribution < 1.29 is 9.53 Å². The van der Waals surface area contributed by atoms with E-state index in [0.29, 0.717) is 12.2 Å². The van der Waals surface area contributed by atoms with E-state index in [4.69, 9.17) is 4.74 Å². The Bertz CT molecular complexity index is 710. The van der Waals surface area contributed by atoms with Gasteiger partial charge in [-0.25, -0.2) is 0 Å². The van der Waals surface area contributed by atoms with E-state index in [0.717, 1.165) is 13.1 Å². The van der Waals surface area contributed by atoms with Crippen LogP contribution >= 0.6 is 0 Å². The fraction of sp³-hybridized carbons (Fsp3) is 0.381. The molecule has 1 unspecified atom stereocenters. The zero-order valence-corrected chi connectivity index (χ0v) is 15.2. The first kappa shape index (κ1) is 17.6. The van der Waals surface area contributed by atoms with Crippen molar-refractivity contribution in [1.82, 2.24) is 10.2 Å². The van der Waals surface area contributed by atoms with Crippen LogP contribution in [-0.4, -0.2) is 36.5 Å². The molecule has 1 aliphatic heterocycles. The second-order valence-electron chi connectivity index (χ2n) is 7.18. The summed E-state index contributed by atoms with van der Waals surface area (Å²) in [5.74, 6) is -0.0533. The number of hydrogen-bond donors (Lipinski definition) is 1. The molecule has 132 valence electrons. The maximum Gasteiger partial charge on any atom is 0.251 e. The summed E-state index contributed by atoms with van der Waals surface area (Å²) < 4.78 is 6.12. The summed E-state index contributed by atoms with van der Waals surface area (Å²) in [5, 5.41) is 2.65. The second-order valence-corrected chi connectivity index (χ2v) is 7.18. The summed E-state index contributed by atoms with van der Waals surface area (Å²) in [6.45, 7) is 6.82. The molecule has 0 spiro atoms. The van der Waals surface area contributed by atoms with Crippen LogP contribution in [0.3, 0.4) is 0 Å². The largest absolute Gasteiger partial charge is 0.370 e. The molecule has 4 nitrogen and oxygen atoms in total. The van der Waals surface area contributed by atoms with Crippen LogP contribution in [0.2, 0.25) is 0 Å². The van der Waals surface area contributed by atoms with Gasteiger partial charge in [0.2, 0.25) is 0 Å². The second kappa shape index (κ2) is 7.38. The molecular weight excluding hydrogens is 312 g/mol. The minimum absolute atomic E-state index is 0.0231. The third-order valence-electron chi connectivity index (χ3n) is 4.87. The highest BCUT2D eigenvalue weighted by molar-refractivity contribution is 5.93. The molecule has 2 aromatic rings. The molecule has 1 aliphatic rings. The topological polar surface area (TPSA) is 41.6 Å². The maximum atomic E-state index is 11.7. The fourth-order valence-electron chi connectivity index (χ4n) is 3.17. The lowest BCUT2D eigenvalue weighted by Crippen LogP contribution is -2.53. The molecule has 0 radical (unpaired) electrons. The van der Waals surface area contributed by atoms with Crippen LogP contribution in [0.15, 0.2) is 54.6 Å². The van der Waals surface area contributed by atoms with Crippen molar-refractivity contribution in [2.45, 2.75) is 32.0 Å². The lowest BCUT2D eigenvalue weighted by Gasteiger charge is -2.45. The minimum atomic E-state index is -0.0533. The number of nitrogens with zero attached hydrogens (tertiary/aromatic N) is 1. The maximum absolute atomic E-state index is 11.7. The standard InChI is InChI=1S/C21H26N2O2/c1-21(2)15-25-19(17-7-5-4-6-8-17)14-23(21)13-16-9-11-18(12-10-16)20(24)22-3/h4-12,19H,13-15H2,1-3H3,(H,22,24). The predicted octanol–water partition coefficient (Wildman–Crippen LogP) is 3.40.